The Hall–Kier alpha value is -3.33. The van der Waals surface area contributed by atoms with Crippen molar-refractivity contribution in [1.82, 2.24) is 4.90 Å². The number of imide groups is 1. The molecule has 0 bridgehead atoms. The number of hydrogen-bond acceptors (Lipinski definition) is 8. The third-order valence-electron chi connectivity index (χ3n) is 4.48. The summed E-state index contributed by atoms with van der Waals surface area (Å²) in [6.07, 6.45) is 1.41. The molecule has 1 atom stereocenters. The van der Waals surface area contributed by atoms with Crippen LogP contribution in [0.4, 0.5) is 4.79 Å². The third-order valence-corrected chi connectivity index (χ3v) is 5.36. The second kappa shape index (κ2) is 8.58. The SMILES string of the molecule is CCOC(=O)[C@H](C)N1C(=O)S/C(=C\c2ccc(-c3cc(C(=O)[O-])ccc3C)o2)C1=O. The fourth-order valence-electron chi connectivity index (χ4n) is 2.90. The molecule has 2 amide bonds. The Morgan fingerprint density at radius 1 is 1.27 bits per heavy atom. The lowest BCUT2D eigenvalue weighted by Crippen LogP contribution is -2.42. The lowest BCUT2D eigenvalue weighted by atomic mass is 10.0. The summed E-state index contributed by atoms with van der Waals surface area (Å²) >= 11 is 0.700. The van der Waals surface area contributed by atoms with Crippen LogP contribution in [0.15, 0.2) is 39.7 Å². The van der Waals surface area contributed by atoms with Gasteiger partial charge in [0.15, 0.2) is 0 Å². The van der Waals surface area contributed by atoms with Gasteiger partial charge in [0.25, 0.3) is 11.1 Å². The Labute approximate surface area is 176 Å². The van der Waals surface area contributed by atoms with Gasteiger partial charge in [-0.25, -0.2) is 4.79 Å². The fraction of sp³-hybridized carbons (Fsp3) is 0.238. The Bertz CT molecular complexity index is 1070. The molecule has 30 heavy (non-hydrogen) atoms. The summed E-state index contributed by atoms with van der Waals surface area (Å²) in [5, 5.41) is 10.5. The van der Waals surface area contributed by atoms with Gasteiger partial charge in [0.1, 0.15) is 17.6 Å². The molecule has 3 rings (SSSR count). The molecule has 1 saturated heterocycles. The fourth-order valence-corrected chi connectivity index (χ4v) is 3.79. The molecule has 0 saturated carbocycles. The van der Waals surface area contributed by atoms with Crippen molar-refractivity contribution in [2.75, 3.05) is 6.61 Å². The largest absolute Gasteiger partial charge is 0.545 e. The predicted octanol–water partition coefficient (Wildman–Crippen LogP) is 2.61. The van der Waals surface area contributed by atoms with Crippen LogP contribution in [-0.4, -0.2) is 40.6 Å². The molecule has 8 nitrogen and oxygen atoms in total. The molecule has 1 aliphatic heterocycles. The Morgan fingerprint density at radius 2 is 2.00 bits per heavy atom. The molecule has 0 radical (unpaired) electrons. The van der Waals surface area contributed by atoms with Crippen molar-refractivity contribution in [3.05, 3.63) is 52.1 Å². The maximum Gasteiger partial charge on any atom is 0.329 e. The molecule has 2 aromatic rings. The topological polar surface area (TPSA) is 117 Å². The lowest BCUT2D eigenvalue weighted by molar-refractivity contribution is -0.255. The van der Waals surface area contributed by atoms with E-state index in [1.165, 1.54) is 25.1 Å². The normalized spacial score (nSPS) is 16.2. The summed E-state index contributed by atoms with van der Waals surface area (Å²) in [6, 6.07) is 6.73. The van der Waals surface area contributed by atoms with Gasteiger partial charge in [0.2, 0.25) is 0 Å². The minimum absolute atomic E-state index is 0.0163. The van der Waals surface area contributed by atoms with Crippen molar-refractivity contribution < 1.29 is 33.4 Å². The van der Waals surface area contributed by atoms with Gasteiger partial charge in [0.05, 0.1) is 17.5 Å². The van der Waals surface area contributed by atoms with Crippen LogP contribution in [-0.2, 0) is 14.3 Å². The molecular formula is C21H18NO7S-. The molecule has 156 valence electrons. The number of carbonyl (C=O) groups excluding carboxylic acids is 4. The number of aryl methyl sites for hydroxylation is 1. The van der Waals surface area contributed by atoms with Crippen molar-refractivity contribution in [3.8, 4) is 11.3 Å². The van der Waals surface area contributed by atoms with E-state index in [-0.39, 0.29) is 17.1 Å². The van der Waals surface area contributed by atoms with Crippen molar-refractivity contribution >= 4 is 40.9 Å². The second-order valence-corrected chi connectivity index (χ2v) is 7.49. The van der Waals surface area contributed by atoms with Crippen molar-refractivity contribution in [1.29, 1.82) is 0 Å². The smallest absolute Gasteiger partial charge is 0.329 e. The van der Waals surface area contributed by atoms with E-state index in [0.29, 0.717) is 28.8 Å². The highest BCUT2D eigenvalue weighted by Gasteiger charge is 2.41. The highest BCUT2D eigenvalue weighted by molar-refractivity contribution is 8.18. The molecule has 1 aliphatic rings. The van der Waals surface area contributed by atoms with Crippen LogP contribution < -0.4 is 5.11 Å². The number of carboxylic acids is 1. The van der Waals surface area contributed by atoms with E-state index in [4.69, 9.17) is 9.15 Å². The molecule has 0 N–H and O–H groups in total. The number of benzene rings is 1. The van der Waals surface area contributed by atoms with Crippen molar-refractivity contribution in [2.24, 2.45) is 0 Å². The van der Waals surface area contributed by atoms with E-state index in [1.807, 2.05) is 0 Å². The number of esters is 1. The number of nitrogens with zero attached hydrogens (tertiary/aromatic N) is 1. The molecule has 2 heterocycles. The number of ether oxygens (including phenoxy) is 1. The number of furan rings is 1. The van der Waals surface area contributed by atoms with Crippen LogP contribution in [0.3, 0.4) is 0 Å². The number of carboxylic acid groups (broad SMARTS) is 1. The Morgan fingerprint density at radius 3 is 2.67 bits per heavy atom. The van der Waals surface area contributed by atoms with E-state index in [9.17, 15) is 24.3 Å². The first-order valence-corrected chi connectivity index (χ1v) is 9.90. The third kappa shape index (κ3) is 4.16. The molecule has 1 aromatic carbocycles. The summed E-state index contributed by atoms with van der Waals surface area (Å²) in [7, 11) is 0. The average molecular weight is 428 g/mol. The summed E-state index contributed by atoms with van der Waals surface area (Å²) in [5.41, 5.74) is 1.38. The quantitative estimate of drug-likeness (QED) is 0.509. The summed E-state index contributed by atoms with van der Waals surface area (Å²) < 4.78 is 10.6. The summed E-state index contributed by atoms with van der Waals surface area (Å²) in [5.74, 6) is -1.87. The molecule has 1 aromatic heterocycles. The van der Waals surface area contributed by atoms with Gasteiger partial charge >= 0.3 is 5.97 Å². The van der Waals surface area contributed by atoms with E-state index in [1.54, 1.807) is 32.0 Å². The van der Waals surface area contributed by atoms with Crippen LogP contribution in [0.25, 0.3) is 17.4 Å². The van der Waals surface area contributed by atoms with Crippen LogP contribution in [0.2, 0.25) is 0 Å². The first kappa shape index (κ1) is 21.4. The van der Waals surface area contributed by atoms with E-state index >= 15 is 0 Å². The van der Waals surface area contributed by atoms with E-state index < -0.39 is 29.1 Å². The summed E-state index contributed by atoms with van der Waals surface area (Å²) in [6.45, 7) is 5.01. The molecular weight excluding hydrogens is 410 g/mol. The summed E-state index contributed by atoms with van der Waals surface area (Å²) in [4.78, 5) is 48.8. The van der Waals surface area contributed by atoms with Crippen LogP contribution in [0.1, 0.15) is 35.5 Å². The monoisotopic (exact) mass is 428 g/mol. The van der Waals surface area contributed by atoms with Gasteiger partial charge in [-0.05, 0) is 61.9 Å². The zero-order valence-electron chi connectivity index (χ0n) is 16.5. The first-order chi connectivity index (χ1) is 14.2. The van der Waals surface area contributed by atoms with Gasteiger partial charge in [-0.2, -0.15) is 0 Å². The predicted molar refractivity (Wildman–Crippen MR) is 107 cm³/mol. The van der Waals surface area contributed by atoms with Crippen LogP contribution in [0.5, 0.6) is 0 Å². The number of amides is 2. The first-order valence-electron chi connectivity index (χ1n) is 9.08. The average Bonchev–Trinajstić information content (AvgIpc) is 3.26. The maximum absolute atomic E-state index is 12.6. The van der Waals surface area contributed by atoms with E-state index in [0.717, 1.165) is 10.5 Å². The van der Waals surface area contributed by atoms with Gasteiger partial charge < -0.3 is 19.1 Å². The number of carbonyl (C=O) groups is 4. The number of hydrogen-bond donors (Lipinski definition) is 0. The molecule has 0 unspecified atom stereocenters. The highest BCUT2D eigenvalue weighted by Crippen LogP contribution is 2.35. The zero-order valence-corrected chi connectivity index (χ0v) is 17.3. The van der Waals surface area contributed by atoms with E-state index in [2.05, 4.69) is 0 Å². The Balaban J connectivity index is 1.86. The number of aromatic carboxylic acids is 1. The van der Waals surface area contributed by atoms with Gasteiger partial charge in [0, 0.05) is 11.6 Å². The van der Waals surface area contributed by atoms with Gasteiger partial charge in [-0.15, -0.1) is 0 Å². The van der Waals surface area contributed by atoms with Crippen molar-refractivity contribution in [2.45, 2.75) is 26.8 Å². The van der Waals surface area contributed by atoms with Crippen molar-refractivity contribution in [3.63, 3.8) is 0 Å². The van der Waals surface area contributed by atoms with Gasteiger partial charge in [-0.1, -0.05) is 12.1 Å². The number of rotatable bonds is 6. The minimum Gasteiger partial charge on any atom is -0.545 e. The highest BCUT2D eigenvalue weighted by atomic mass is 32.2. The maximum atomic E-state index is 12.6. The Kier molecular flexibility index (Phi) is 6.12. The van der Waals surface area contributed by atoms with Gasteiger partial charge in [-0.3, -0.25) is 14.5 Å². The number of thioether (sulfide) groups is 1. The molecule has 1 fully saturated rings. The standard InChI is InChI=1S/C21H19NO7S/c1-4-28-20(26)12(3)22-18(23)17(30-21(22)27)10-14-7-8-16(29-14)15-9-13(19(24)25)6-5-11(15)2/h5-10,12H,4H2,1-3H3,(H,24,25)/p-1/b17-10-/t12-/m0/s1. The van der Waals surface area contributed by atoms with Crippen LogP contribution in [0, 0.1) is 6.92 Å². The lowest BCUT2D eigenvalue weighted by Gasteiger charge is -2.19. The van der Waals surface area contributed by atoms with Crippen LogP contribution >= 0.6 is 11.8 Å². The molecule has 0 aliphatic carbocycles. The molecule has 9 heteroatoms. The minimum atomic E-state index is -1.30. The molecule has 0 spiro atoms. The second-order valence-electron chi connectivity index (χ2n) is 6.50. The zero-order chi connectivity index (χ0) is 22.0.